The van der Waals surface area contributed by atoms with E-state index < -0.39 is 11.9 Å². The summed E-state index contributed by atoms with van der Waals surface area (Å²) in [5.74, 6) is 5.43. The molecule has 0 aliphatic carbocycles. The summed E-state index contributed by atoms with van der Waals surface area (Å²) in [4.78, 5) is 0. The van der Waals surface area contributed by atoms with Gasteiger partial charge < -0.3 is 4.74 Å². The average Bonchev–Trinajstić information content (AvgIpc) is 2.85. The molecule has 2 aromatic rings. The molecule has 2 rings (SSSR count). The van der Waals surface area contributed by atoms with E-state index in [-0.39, 0.29) is 0 Å². The Kier molecular flexibility index (Phi) is 3.31. The summed E-state index contributed by atoms with van der Waals surface area (Å²) in [5.41, 5.74) is 3.38. The number of nitrogens with zero attached hydrogens (tertiary/aromatic N) is 2. The Morgan fingerprint density at radius 1 is 1.53 bits per heavy atom. The Hall–Kier alpha value is -1.99. The van der Waals surface area contributed by atoms with Gasteiger partial charge in [0, 0.05) is 11.6 Å². The van der Waals surface area contributed by atoms with Crippen LogP contribution in [0, 0.1) is 5.82 Å². The number of nitrogens with two attached hydrogens (primary N) is 1. The maximum absolute atomic E-state index is 13.8. The number of aromatic nitrogens is 3. The number of benzene rings is 1. The summed E-state index contributed by atoms with van der Waals surface area (Å²) in [6.07, 6.45) is 1.48. The summed E-state index contributed by atoms with van der Waals surface area (Å²) < 4.78 is 18.8. The van der Waals surface area contributed by atoms with Crippen LogP contribution in [0.1, 0.15) is 17.3 Å². The molecule has 0 bridgehead atoms. The second-order valence-electron chi connectivity index (χ2n) is 3.38. The lowest BCUT2D eigenvalue weighted by atomic mass is 10.0. The Morgan fingerprint density at radius 2 is 2.35 bits per heavy atom. The first-order chi connectivity index (χ1) is 8.26. The van der Waals surface area contributed by atoms with Gasteiger partial charge >= 0.3 is 0 Å². The van der Waals surface area contributed by atoms with Crippen molar-refractivity contribution in [1.29, 1.82) is 0 Å². The van der Waals surface area contributed by atoms with Gasteiger partial charge in [-0.1, -0.05) is 6.07 Å². The minimum atomic E-state index is -0.556. The summed E-state index contributed by atoms with van der Waals surface area (Å²) in [7, 11) is 1.48. The van der Waals surface area contributed by atoms with Crippen LogP contribution in [-0.4, -0.2) is 22.5 Å². The van der Waals surface area contributed by atoms with Crippen LogP contribution in [0.5, 0.6) is 5.75 Å². The van der Waals surface area contributed by atoms with Gasteiger partial charge in [-0.3, -0.25) is 5.84 Å². The fraction of sp³-hybridized carbons (Fsp3) is 0.200. The van der Waals surface area contributed by atoms with Crippen LogP contribution in [0.3, 0.4) is 0 Å². The second-order valence-corrected chi connectivity index (χ2v) is 3.38. The number of hydrazine groups is 1. The third kappa shape index (κ3) is 2.24. The van der Waals surface area contributed by atoms with Crippen LogP contribution in [0.2, 0.25) is 0 Å². The zero-order chi connectivity index (χ0) is 12.3. The fourth-order valence-electron chi connectivity index (χ4n) is 1.55. The number of nitrogens with one attached hydrogen (secondary N) is 2. The van der Waals surface area contributed by atoms with Gasteiger partial charge in [0.25, 0.3) is 0 Å². The lowest BCUT2D eigenvalue weighted by molar-refractivity contribution is 0.410. The predicted octanol–water partition coefficient (Wildman–Crippen LogP) is 0.505. The molecule has 90 valence electrons. The van der Waals surface area contributed by atoms with Gasteiger partial charge in [-0.15, -0.1) is 0 Å². The molecule has 0 saturated carbocycles. The molecule has 17 heavy (non-hydrogen) atoms. The van der Waals surface area contributed by atoms with Gasteiger partial charge in [0.05, 0.1) is 19.3 Å². The van der Waals surface area contributed by atoms with Gasteiger partial charge in [0.15, 0.2) is 0 Å². The first-order valence-corrected chi connectivity index (χ1v) is 4.91. The van der Waals surface area contributed by atoms with Crippen LogP contribution in [0.15, 0.2) is 24.4 Å². The Morgan fingerprint density at radius 3 is 2.88 bits per heavy atom. The number of H-pyrrole nitrogens is 1. The highest BCUT2D eigenvalue weighted by Gasteiger charge is 2.19. The summed E-state index contributed by atoms with van der Waals surface area (Å²) in [6.45, 7) is 0. The maximum atomic E-state index is 13.8. The molecule has 1 aromatic heterocycles. The lowest BCUT2D eigenvalue weighted by Gasteiger charge is -2.14. The van der Waals surface area contributed by atoms with Crippen molar-refractivity contribution in [3.05, 3.63) is 41.5 Å². The lowest BCUT2D eigenvalue weighted by Crippen LogP contribution is -2.29. The molecule has 1 aromatic carbocycles. The van der Waals surface area contributed by atoms with Crippen molar-refractivity contribution in [2.45, 2.75) is 6.04 Å². The highest BCUT2D eigenvalue weighted by molar-refractivity contribution is 5.33. The van der Waals surface area contributed by atoms with E-state index in [9.17, 15) is 4.39 Å². The van der Waals surface area contributed by atoms with Crippen molar-refractivity contribution in [2.75, 3.05) is 7.11 Å². The number of rotatable bonds is 4. The topological polar surface area (TPSA) is 88.9 Å². The Bertz CT molecular complexity index is 487. The van der Waals surface area contributed by atoms with Gasteiger partial charge in [-0.2, -0.15) is 15.4 Å². The maximum Gasteiger partial charge on any atom is 0.132 e. The summed E-state index contributed by atoms with van der Waals surface area (Å²) in [5, 5.41) is 9.99. The Labute approximate surface area is 96.9 Å². The van der Waals surface area contributed by atoms with Crippen molar-refractivity contribution >= 4 is 0 Å². The molecule has 6 nitrogen and oxygen atoms in total. The molecule has 0 aliphatic rings. The van der Waals surface area contributed by atoms with E-state index in [1.807, 2.05) is 0 Å². The molecule has 0 saturated heterocycles. The molecule has 0 aliphatic heterocycles. The van der Waals surface area contributed by atoms with Crippen molar-refractivity contribution in [3.8, 4) is 5.75 Å². The van der Waals surface area contributed by atoms with Crippen molar-refractivity contribution in [3.63, 3.8) is 0 Å². The van der Waals surface area contributed by atoms with E-state index in [0.29, 0.717) is 17.0 Å². The van der Waals surface area contributed by atoms with Crippen LogP contribution in [0.25, 0.3) is 0 Å². The van der Waals surface area contributed by atoms with Crippen molar-refractivity contribution in [2.24, 2.45) is 5.84 Å². The zero-order valence-corrected chi connectivity index (χ0v) is 9.14. The summed E-state index contributed by atoms with van der Waals surface area (Å²) in [6, 6.07) is 3.98. The van der Waals surface area contributed by atoms with E-state index in [2.05, 4.69) is 20.8 Å². The van der Waals surface area contributed by atoms with E-state index >= 15 is 0 Å². The molecule has 1 heterocycles. The van der Waals surface area contributed by atoms with Crippen LogP contribution < -0.4 is 16.0 Å². The minimum Gasteiger partial charge on any atom is -0.497 e. The third-order valence-electron chi connectivity index (χ3n) is 2.41. The highest BCUT2D eigenvalue weighted by Crippen LogP contribution is 2.24. The van der Waals surface area contributed by atoms with Gasteiger partial charge in [0.2, 0.25) is 0 Å². The smallest absolute Gasteiger partial charge is 0.132 e. The SMILES string of the molecule is COc1ccc(C(NN)c2cn[nH]n2)c(F)c1. The molecule has 7 heteroatoms. The standard InChI is InChI=1S/C10H12FN5O/c1-17-6-2-3-7(8(11)4-6)10(14-12)9-5-13-16-15-9/h2-5,10,14H,12H2,1H3,(H,13,15,16). The molecule has 0 radical (unpaired) electrons. The highest BCUT2D eigenvalue weighted by atomic mass is 19.1. The zero-order valence-electron chi connectivity index (χ0n) is 9.14. The first kappa shape index (κ1) is 11.5. The van der Waals surface area contributed by atoms with Crippen LogP contribution in [0.4, 0.5) is 4.39 Å². The van der Waals surface area contributed by atoms with Gasteiger partial charge in [-0.25, -0.2) is 9.82 Å². The molecular weight excluding hydrogens is 225 g/mol. The molecule has 1 atom stereocenters. The van der Waals surface area contributed by atoms with Crippen molar-refractivity contribution < 1.29 is 9.13 Å². The molecule has 0 fully saturated rings. The van der Waals surface area contributed by atoms with Crippen molar-refractivity contribution in [1.82, 2.24) is 20.8 Å². The quantitative estimate of drug-likeness (QED) is 0.532. The fourth-order valence-corrected chi connectivity index (χ4v) is 1.55. The number of hydrogen-bond donors (Lipinski definition) is 3. The van der Waals surface area contributed by atoms with Gasteiger partial charge in [-0.05, 0) is 6.07 Å². The van der Waals surface area contributed by atoms with E-state index in [1.165, 1.54) is 19.4 Å². The first-order valence-electron chi connectivity index (χ1n) is 4.91. The predicted molar refractivity (Wildman–Crippen MR) is 58.5 cm³/mol. The second kappa shape index (κ2) is 4.89. The monoisotopic (exact) mass is 237 g/mol. The molecule has 0 spiro atoms. The average molecular weight is 237 g/mol. The summed E-state index contributed by atoms with van der Waals surface area (Å²) >= 11 is 0. The van der Waals surface area contributed by atoms with Crippen LogP contribution >= 0.6 is 0 Å². The number of hydrogen-bond acceptors (Lipinski definition) is 5. The van der Waals surface area contributed by atoms with Gasteiger partial charge in [0.1, 0.15) is 17.3 Å². The third-order valence-corrected chi connectivity index (χ3v) is 2.41. The molecule has 0 amide bonds. The number of ether oxygens (including phenoxy) is 1. The molecule has 4 N–H and O–H groups in total. The van der Waals surface area contributed by atoms with E-state index in [4.69, 9.17) is 10.6 Å². The van der Waals surface area contributed by atoms with Crippen LogP contribution in [-0.2, 0) is 0 Å². The minimum absolute atomic E-state index is 0.377. The number of methoxy groups -OCH3 is 1. The largest absolute Gasteiger partial charge is 0.497 e. The molecule has 1 unspecified atom stereocenters. The number of aromatic amines is 1. The molecular formula is C10H12FN5O. The Balaban J connectivity index is 2.38. The van der Waals surface area contributed by atoms with E-state index in [1.54, 1.807) is 12.1 Å². The number of halogens is 1. The normalized spacial score (nSPS) is 12.4. The van der Waals surface area contributed by atoms with E-state index in [0.717, 1.165) is 0 Å².